The summed E-state index contributed by atoms with van der Waals surface area (Å²) >= 11 is 0. The van der Waals surface area contributed by atoms with Gasteiger partial charge in [-0.15, -0.1) is 0 Å². The third-order valence-electron chi connectivity index (χ3n) is 5.56. The van der Waals surface area contributed by atoms with E-state index in [0.29, 0.717) is 36.9 Å². The smallest absolute Gasteiger partial charge is 0.361 e. The molecular weight excluding hydrogens is 432 g/mol. The van der Waals surface area contributed by atoms with Crippen molar-refractivity contribution in [2.75, 3.05) is 31.7 Å². The lowest BCUT2D eigenvalue weighted by molar-refractivity contribution is -0.928. The number of amides is 1. The first-order chi connectivity index (χ1) is 16.6. The topological polar surface area (TPSA) is 78.3 Å². The highest BCUT2D eigenvalue weighted by Gasteiger charge is 2.34. The van der Waals surface area contributed by atoms with E-state index in [1.807, 2.05) is 60.7 Å². The summed E-state index contributed by atoms with van der Waals surface area (Å²) in [6.45, 7) is 3.56. The van der Waals surface area contributed by atoms with Crippen molar-refractivity contribution in [1.82, 2.24) is 0 Å². The maximum atomic E-state index is 13.7. The van der Waals surface area contributed by atoms with Gasteiger partial charge in [-0.05, 0) is 19.1 Å². The Morgan fingerprint density at radius 2 is 1.62 bits per heavy atom. The molecule has 1 heterocycles. The maximum Gasteiger partial charge on any atom is 0.361 e. The number of fused-ring (bicyclic) bond motifs is 1. The predicted octanol–water partition coefficient (Wildman–Crippen LogP) is 2.79. The molecule has 2 N–H and O–H groups in total. The minimum Gasteiger partial charge on any atom is -0.486 e. The first kappa shape index (κ1) is 23.3. The molecule has 4 rings (SSSR count). The quantitative estimate of drug-likeness (QED) is 0.479. The molecular formula is C27H29N2O5+. The van der Waals surface area contributed by atoms with Crippen molar-refractivity contribution in [1.29, 1.82) is 0 Å². The fraction of sp³-hybridized carbons (Fsp3) is 0.259. The first-order valence-corrected chi connectivity index (χ1v) is 11.4. The molecule has 2 unspecified atom stereocenters. The Morgan fingerprint density at radius 1 is 0.941 bits per heavy atom. The molecule has 2 atom stereocenters. The van der Waals surface area contributed by atoms with Crippen molar-refractivity contribution in [3.8, 4) is 11.5 Å². The molecule has 7 heteroatoms. The summed E-state index contributed by atoms with van der Waals surface area (Å²) in [5.74, 6) is 0.683. The third kappa shape index (κ3) is 5.94. The summed E-state index contributed by atoms with van der Waals surface area (Å²) in [6, 6.07) is 24.0. The largest absolute Gasteiger partial charge is 0.486 e. The highest BCUT2D eigenvalue weighted by atomic mass is 16.6. The van der Waals surface area contributed by atoms with E-state index in [4.69, 9.17) is 14.2 Å². The number of benzene rings is 3. The van der Waals surface area contributed by atoms with Gasteiger partial charge in [-0.3, -0.25) is 4.79 Å². The number of ether oxygens (including phenoxy) is 3. The lowest BCUT2D eigenvalue weighted by Gasteiger charge is -2.28. The van der Waals surface area contributed by atoms with Crippen molar-refractivity contribution >= 4 is 17.6 Å². The van der Waals surface area contributed by atoms with E-state index in [2.05, 4.69) is 5.32 Å². The summed E-state index contributed by atoms with van der Waals surface area (Å²) < 4.78 is 16.5. The molecule has 0 fully saturated rings. The van der Waals surface area contributed by atoms with Gasteiger partial charge in [-0.1, -0.05) is 60.7 Å². The monoisotopic (exact) mass is 461 g/mol. The molecule has 0 saturated heterocycles. The van der Waals surface area contributed by atoms with Crippen LogP contribution in [0.5, 0.6) is 11.5 Å². The summed E-state index contributed by atoms with van der Waals surface area (Å²) in [5.41, 5.74) is 2.44. The molecule has 0 saturated carbocycles. The van der Waals surface area contributed by atoms with Crippen LogP contribution in [0.2, 0.25) is 0 Å². The number of nitrogens with one attached hydrogen (secondary N) is 2. The number of hydrogen-bond donors (Lipinski definition) is 2. The summed E-state index contributed by atoms with van der Waals surface area (Å²) in [7, 11) is 0. The second-order valence-corrected chi connectivity index (χ2v) is 7.99. The van der Waals surface area contributed by atoms with Gasteiger partial charge in [-0.2, -0.15) is 0 Å². The van der Waals surface area contributed by atoms with Crippen molar-refractivity contribution in [2.24, 2.45) is 0 Å². The molecule has 0 bridgehead atoms. The van der Waals surface area contributed by atoms with Crippen LogP contribution in [-0.2, 0) is 20.9 Å². The van der Waals surface area contributed by atoms with E-state index in [1.54, 1.807) is 25.1 Å². The van der Waals surface area contributed by atoms with E-state index in [0.717, 1.165) is 16.0 Å². The second kappa shape index (κ2) is 11.3. The van der Waals surface area contributed by atoms with Crippen LogP contribution in [0.3, 0.4) is 0 Å². The predicted molar refractivity (Wildman–Crippen MR) is 128 cm³/mol. The molecule has 176 valence electrons. The molecule has 0 spiro atoms. The molecule has 3 aromatic carbocycles. The standard InChI is InChI=1S/C27H28N2O5/c1-2-32-25(30)19-29(18-20-9-5-3-6-10-20)26(21-11-7-4-8-12-21)27(31)28-22-13-14-23-24(17-22)34-16-15-33-23/h3-14,17,26H,2,15-16,18-19H2,1H3,(H,28,31)/p+1. The lowest BCUT2D eigenvalue weighted by atomic mass is 10.0. The zero-order valence-electron chi connectivity index (χ0n) is 19.2. The Bertz CT molecular complexity index is 1100. The summed E-state index contributed by atoms with van der Waals surface area (Å²) in [4.78, 5) is 27.0. The van der Waals surface area contributed by atoms with E-state index >= 15 is 0 Å². The van der Waals surface area contributed by atoms with Crippen LogP contribution >= 0.6 is 0 Å². The fourth-order valence-corrected chi connectivity index (χ4v) is 4.08. The number of anilines is 1. The van der Waals surface area contributed by atoms with Crippen molar-refractivity contribution in [3.63, 3.8) is 0 Å². The Kier molecular flexibility index (Phi) is 7.78. The molecule has 7 nitrogen and oxygen atoms in total. The van der Waals surface area contributed by atoms with Crippen LogP contribution in [0.1, 0.15) is 24.1 Å². The summed E-state index contributed by atoms with van der Waals surface area (Å²) in [5, 5.41) is 3.01. The van der Waals surface area contributed by atoms with Gasteiger partial charge >= 0.3 is 5.97 Å². The minimum atomic E-state index is -0.640. The van der Waals surface area contributed by atoms with Gasteiger partial charge in [0.05, 0.1) is 6.61 Å². The SMILES string of the molecule is CCOC(=O)C[NH+](Cc1ccccc1)C(C(=O)Nc1ccc2c(c1)OCCO2)c1ccccc1. The normalized spacial score (nSPS) is 14.0. The van der Waals surface area contributed by atoms with Crippen LogP contribution in [-0.4, -0.2) is 38.2 Å². The van der Waals surface area contributed by atoms with Gasteiger partial charge in [0.25, 0.3) is 5.91 Å². The Morgan fingerprint density at radius 3 is 2.32 bits per heavy atom. The average molecular weight is 462 g/mol. The van der Waals surface area contributed by atoms with Crippen LogP contribution in [0.4, 0.5) is 5.69 Å². The van der Waals surface area contributed by atoms with Crippen molar-refractivity contribution in [2.45, 2.75) is 19.5 Å². The average Bonchev–Trinajstić information content (AvgIpc) is 2.85. The Balaban J connectivity index is 1.64. The zero-order chi connectivity index (χ0) is 23.8. The fourth-order valence-electron chi connectivity index (χ4n) is 4.08. The molecule has 0 aromatic heterocycles. The van der Waals surface area contributed by atoms with Gasteiger partial charge in [0.1, 0.15) is 19.8 Å². The Labute approximate surface area is 199 Å². The van der Waals surface area contributed by atoms with Gasteiger partial charge < -0.3 is 24.4 Å². The zero-order valence-corrected chi connectivity index (χ0v) is 19.2. The molecule has 34 heavy (non-hydrogen) atoms. The van der Waals surface area contributed by atoms with Crippen LogP contribution in [0, 0.1) is 0 Å². The van der Waals surface area contributed by atoms with Crippen LogP contribution in [0.25, 0.3) is 0 Å². The number of quaternary nitrogens is 1. The second-order valence-electron chi connectivity index (χ2n) is 7.99. The minimum absolute atomic E-state index is 0.0524. The Hall–Kier alpha value is -3.84. The van der Waals surface area contributed by atoms with Crippen molar-refractivity contribution < 1.29 is 28.7 Å². The molecule has 1 aliphatic rings. The number of esters is 1. The van der Waals surface area contributed by atoms with E-state index in [-0.39, 0.29) is 25.0 Å². The van der Waals surface area contributed by atoms with E-state index < -0.39 is 6.04 Å². The van der Waals surface area contributed by atoms with Gasteiger partial charge in [0.15, 0.2) is 24.1 Å². The van der Waals surface area contributed by atoms with Crippen molar-refractivity contribution in [3.05, 3.63) is 90.0 Å². The van der Waals surface area contributed by atoms with E-state index in [9.17, 15) is 9.59 Å². The van der Waals surface area contributed by atoms with Crippen LogP contribution < -0.4 is 19.7 Å². The molecule has 1 aliphatic heterocycles. The van der Waals surface area contributed by atoms with Gasteiger partial charge in [0, 0.05) is 22.9 Å². The third-order valence-corrected chi connectivity index (χ3v) is 5.56. The first-order valence-electron chi connectivity index (χ1n) is 11.4. The molecule has 1 amide bonds. The number of carbonyl (C=O) groups is 2. The number of rotatable bonds is 9. The highest BCUT2D eigenvalue weighted by Crippen LogP contribution is 2.32. The van der Waals surface area contributed by atoms with Gasteiger partial charge in [0.2, 0.25) is 0 Å². The van der Waals surface area contributed by atoms with Crippen LogP contribution in [0.15, 0.2) is 78.9 Å². The molecule has 0 aliphatic carbocycles. The van der Waals surface area contributed by atoms with E-state index in [1.165, 1.54) is 0 Å². The summed E-state index contributed by atoms with van der Waals surface area (Å²) in [6.07, 6.45) is 0. The maximum absolute atomic E-state index is 13.7. The van der Waals surface area contributed by atoms with Gasteiger partial charge in [-0.25, -0.2) is 4.79 Å². The highest BCUT2D eigenvalue weighted by molar-refractivity contribution is 5.95. The number of hydrogen-bond acceptors (Lipinski definition) is 5. The lowest BCUT2D eigenvalue weighted by Crippen LogP contribution is -3.13. The molecule has 0 radical (unpaired) electrons. The molecule has 3 aromatic rings. The number of carbonyl (C=O) groups excluding carboxylic acids is 2.